The zero-order chi connectivity index (χ0) is 16.9. The van der Waals surface area contributed by atoms with E-state index in [0.717, 1.165) is 24.1 Å². The summed E-state index contributed by atoms with van der Waals surface area (Å²) in [6.07, 6.45) is 4.76. The molecule has 1 saturated heterocycles. The predicted molar refractivity (Wildman–Crippen MR) is 90.2 cm³/mol. The fourth-order valence-corrected chi connectivity index (χ4v) is 3.02. The summed E-state index contributed by atoms with van der Waals surface area (Å²) in [7, 11) is 1.59. The number of likely N-dealkylation sites (tertiary alicyclic amines) is 1. The molecule has 1 aliphatic heterocycles. The number of benzene rings is 1. The smallest absolute Gasteiger partial charge is 0.257 e. The standard InChI is InChI=1S/C18H22N2O4/c1-23-17-3-2-16(10-14(17)11-21)19-15-4-7-20(8-5-15)18(22)13-6-9-24-12-13/h2-3,6,9-10,12,15,19,21H,4-5,7-8,11H2,1H3. The molecule has 0 aliphatic carbocycles. The number of anilines is 1. The van der Waals surface area contributed by atoms with Crippen molar-refractivity contribution in [2.75, 3.05) is 25.5 Å². The third-order valence-corrected chi connectivity index (χ3v) is 4.37. The van der Waals surface area contributed by atoms with Gasteiger partial charge in [-0.15, -0.1) is 0 Å². The van der Waals surface area contributed by atoms with Gasteiger partial charge in [-0.05, 0) is 37.1 Å². The number of ether oxygens (including phenoxy) is 1. The molecule has 0 spiro atoms. The fraction of sp³-hybridized carbons (Fsp3) is 0.389. The highest BCUT2D eigenvalue weighted by atomic mass is 16.5. The number of piperidine rings is 1. The normalized spacial score (nSPS) is 15.3. The zero-order valence-electron chi connectivity index (χ0n) is 13.7. The maximum absolute atomic E-state index is 12.3. The topological polar surface area (TPSA) is 74.9 Å². The average molecular weight is 330 g/mol. The molecule has 0 bridgehead atoms. The van der Waals surface area contributed by atoms with Crippen LogP contribution < -0.4 is 10.1 Å². The third-order valence-electron chi connectivity index (χ3n) is 4.37. The summed E-state index contributed by atoms with van der Waals surface area (Å²) in [5.41, 5.74) is 2.32. The van der Waals surface area contributed by atoms with Crippen LogP contribution in [-0.4, -0.2) is 42.2 Å². The molecule has 1 fully saturated rings. The molecule has 1 amide bonds. The Bertz CT molecular complexity index is 676. The third kappa shape index (κ3) is 3.54. The second kappa shape index (κ2) is 7.40. The highest BCUT2D eigenvalue weighted by molar-refractivity contribution is 5.93. The summed E-state index contributed by atoms with van der Waals surface area (Å²) in [5.74, 6) is 0.706. The summed E-state index contributed by atoms with van der Waals surface area (Å²) in [6.45, 7) is 1.37. The Labute approximate surface area is 141 Å². The SMILES string of the molecule is COc1ccc(NC2CCN(C(=O)c3ccoc3)CC2)cc1CO. The number of hydrogen-bond acceptors (Lipinski definition) is 5. The van der Waals surface area contributed by atoms with Gasteiger partial charge >= 0.3 is 0 Å². The van der Waals surface area contributed by atoms with Gasteiger partial charge in [0.05, 0.1) is 25.5 Å². The number of aliphatic hydroxyl groups excluding tert-OH is 1. The molecular weight excluding hydrogens is 308 g/mol. The van der Waals surface area contributed by atoms with E-state index in [0.29, 0.717) is 30.4 Å². The van der Waals surface area contributed by atoms with Gasteiger partial charge in [0.1, 0.15) is 12.0 Å². The maximum atomic E-state index is 12.3. The van der Waals surface area contributed by atoms with Crippen LogP contribution in [0.4, 0.5) is 5.69 Å². The Balaban J connectivity index is 1.56. The Morgan fingerprint density at radius 1 is 1.38 bits per heavy atom. The summed E-state index contributed by atoms with van der Waals surface area (Å²) < 4.78 is 10.2. The van der Waals surface area contributed by atoms with Crippen LogP contribution >= 0.6 is 0 Å². The Hall–Kier alpha value is -2.47. The van der Waals surface area contributed by atoms with Crippen LogP contribution in [0.1, 0.15) is 28.8 Å². The number of methoxy groups -OCH3 is 1. The molecule has 24 heavy (non-hydrogen) atoms. The molecule has 2 aromatic rings. The Kier molecular flexibility index (Phi) is 5.05. The molecule has 1 aliphatic rings. The number of hydrogen-bond donors (Lipinski definition) is 2. The Morgan fingerprint density at radius 2 is 2.17 bits per heavy atom. The lowest BCUT2D eigenvalue weighted by Crippen LogP contribution is -2.42. The molecule has 2 N–H and O–H groups in total. The van der Waals surface area contributed by atoms with Crippen LogP contribution in [0.2, 0.25) is 0 Å². The van der Waals surface area contributed by atoms with E-state index in [4.69, 9.17) is 9.15 Å². The van der Waals surface area contributed by atoms with Crippen LogP contribution in [0.3, 0.4) is 0 Å². The van der Waals surface area contributed by atoms with Crippen LogP contribution in [0, 0.1) is 0 Å². The number of rotatable bonds is 5. The second-order valence-electron chi connectivity index (χ2n) is 5.91. The van der Waals surface area contributed by atoms with Crippen molar-refractivity contribution in [3.8, 4) is 5.75 Å². The van der Waals surface area contributed by atoms with Crippen molar-refractivity contribution in [1.29, 1.82) is 0 Å². The lowest BCUT2D eigenvalue weighted by Gasteiger charge is -2.32. The number of carbonyl (C=O) groups excluding carboxylic acids is 1. The molecular formula is C18H22N2O4. The summed E-state index contributed by atoms with van der Waals surface area (Å²) >= 11 is 0. The lowest BCUT2D eigenvalue weighted by molar-refractivity contribution is 0.0718. The van der Waals surface area contributed by atoms with Gasteiger partial charge < -0.3 is 24.5 Å². The molecule has 0 unspecified atom stereocenters. The van der Waals surface area contributed by atoms with E-state index in [9.17, 15) is 9.90 Å². The summed E-state index contributed by atoms with van der Waals surface area (Å²) in [6, 6.07) is 7.70. The van der Waals surface area contributed by atoms with Crippen LogP contribution in [0.5, 0.6) is 5.75 Å². The highest BCUT2D eigenvalue weighted by Gasteiger charge is 2.24. The molecule has 6 heteroatoms. The minimum absolute atomic E-state index is 0.0224. The first kappa shape index (κ1) is 16.4. The van der Waals surface area contributed by atoms with E-state index in [1.165, 1.54) is 12.5 Å². The van der Waals surface area contributed by atoms with Gasteiger partial charge in [0, 0.05) is 30.4 Å². The van der Waals surface area contributed by atoms with Crippen molar-refractivity contribution in [2.24, 2.45) is 0 Å². The van der Waals surface area contributed by atoms with Crippen molar-refractivity contribution in [3.05, 3.63) is 47.9 Å². The van der Waals surface area contributed by atoms with E-state index < -0.39 is 0 Å². The number of furan rings is 1. The molecule has 1 aromatic carbocycles. The van der Waals surface area contributed by atoms with Crippen molar-refractivity contribution >= 4 is 11.6 Å². The molecule has 0 radical (unpaired) electrons. The Morgan fingerprint density at radius 3 is 2.79 bits per heavy atom. The second-order valence-corrected chi connectivity index (χ2v) is 5.91. The first-order valence-corrected chi connectivity index (χ1v) is 8.07. The van der Waals surface area contributed by atoms with E-state index in [1.54, 1.807) is 13.2 Å². The largest absolute Gasteiger partial charge is 0.496 e. The monoisotopic (exact) mass is 330 g/mol. The van der Waals surface area contributed by atoms with Crippen molar-refractivity contribution in [1.82, 2.24) is 4.90 Å². The summed E-state index contributed by atoms with van der Waals surface area (Å²) in [5, 5.41) is 12.9. The van der Waals surface area contributed by atoms with Gasteiger partial charge in [-0.25, -0.2) is 0 Å². The van der Waals surface area contributed by atoms with Gasteiger partial charge in [0.15, 0.2) is 0 Å². The van der Waals surface area contributed by atoms with Crippen LogP contribution in [0.25, 0.3) is 0 Å². The number of carbonyl (C=O) groups is 1. The van der Waals surface area contributed by atoms with Gasteiger partial charge in [0.2, 0.25) is 0 Å². The van der Waals surface area contributed by atoms with Crippen molar-refractivity contribution in [2.45, 2.75) is 25.5 Å². The minimum Gasteiger partial charge on any atom is -0.496 e. The quantitative estimate of drug-likeness (QED) is 0.881. The first-order chi connectivity index (χ1) is 11.7. The van der Waals surface area contributed by atoms with Gasteiger partial charge in [-0.1, -0.05) is 0 Å². The zero-order valence-corrected chi connectivity index (χ0v) is 13.7. The number of amides is 1. The summed E-state index contributed by atoms with van der Waals surface area (Å²) in [4.78, 5) is 14.1. The van der Waals surface area contributed by atoms with Crippen LogP contribution in [-0.2, 0) is 6.61 Å². The average Bonchev–Trinajstić information content (AvgIpc) is 3.16. The van der Waals surface area contributed by atoms with Gasteiger partial charge in [0.25, 0.3) is 5.91 Å². The molecule has 0 atom stereocenters. The van der Waals surface area contributed by atoms with E-state index in [1.807, 2.05) is 23.1 Å². The number of aliphatic hydroxyl groups is 1. The molecule has 3 rings (SSSR count). The predicted octanol–water partition coefficient (Wildman–Crippen LogP) is 2.50. The lowest BCUT2D eigenvalue weighted by atomic mass is 10.0. The molecule has 0 saturated carbocycles. The van der Waals surface area contributed by atoms with Gasteiger partial charge in [-0.3, -0.25) is 4.79 Å². The van der Waals surface area contributed by atoms with E-state index >= 15 is 0 Å². The van der Waals surface area contributed by atoms with Crippen LogP contribution in [0.15, 0.2) is 41.2 Å². The van der Waals surface area contributed by atoms with Crippen molar-refractivity contribution in [3.63, 3.8) is 0 Å². The fourth-order valence-electron chi connectivity index (χ4n) is 3.02. The molecule has 1 aromatic heterocycles. The molecule has 2 heterocycles. The van der Waals surface area contributed by atoms with Gasteiger partial charge in [-0.2, -0.15) is 0 Å². The minimum atomic E-state index is -0.0592. The highest BCUT2D eigenvalue weighted by Crippen LogP contribution is 2.25. The number of nitrogens with zero attached hydrogens (tertiary/aromatic N) is 1. The molecule has 6 nitrogen and oxygen atoms in total. The number of nitrogens with one attached hydrogen (secondary N) is 1. The van der Waals surface area contributed by atoms with Crippen molar-refractivity contribution < 1.29 is 19.1 Å². The molecule has 128 valence electrons. The van der Waals surface area contributed by atoms with E-state index in [2.05, 4.69) is 5.32 Å². The van der Waals surface area contributed by atoms with E-state index in [-0.39, 0.29) is 12.5 Å². The maximum Gasteiger partial charge on any atom is 0.257 e. The first-order valence-electron chi connectivity index (χ1n) is 8.07.